The number of nitrogens with two attached hydrogens (primary N) is 2. The Morgan fingerprint density at radius 1 is 0.900 bits per heavy atom. The maximum Gasteiger partial charge on any atom is 0.416 e. The average Bonchev–Trinajstić information content (AvgIpc) is 2.37. The van der Waals surface area contributed by atoms with Crippen molar-refractivity contribution >= 4 is 22.7 Å². The van der Waals surface area contributed by atoms with Gasteiger partial charge in [0.1, 0.15) is 5.69 Å². The van der Waals surface area contributed by atoms with Crippen molar-refractivity contribution in [2.75, 3.05) is 11.5 Å². The molecule has 0 aliphatic heterocycles. The predicted molar refractivity (Wildman–Crippen MR) is 70.9 cm³/mol. The van der Waals surface area contributed by atoms with E-state index < -0.39 is 11.7 Å². The zero-order valence-electron chi connectivity index (χ0n) is 10.2. The first kappa shape index (κ1) is 13.9. The van der Waals surface area contributed by atoms with Crippen LogP contribution in [0, 0.1) is 0 Å². The summed E-state index contributed by atoms with van der Waals surface area (Å²) in [5.41, 5.74) is 11.6. The van der Waals surface area contributed by atoms with Crippen LogP contribution in [0.15, 0.2) is 52.7 Å². The van der Waals surface area contributed by atoms with Crippen LogP contribution in [-0.2, 0) is 6.18 Å². The van der Waals surface area contributed by atoms with Crippen LogP contribution in [0.2, 0.25) is 0 Å². The number of azo groups is 1. The monoisotopic (exact) mass is 280 g/mol. The van der Waals surface area contributed by atoms with Crippen molar-refractivity contribution in [2.24, 2.45) is 10.2 Å². The van der Waals surface area contributed by atoms with Gasteiger partial charge in [-0.25, -0.2) is 0 Å². The molecule has 0 saturated heterocycles. The van der Waals surface area contributed by atoms with E-state index in [0.717, 1.165) is 12.1 Å². The third-order valence-corrected chi connectivity index (χ3v) is 2.50. The molecule has 2 aromatic carbocycles. The molecule has 0 fully saturated rings. The fourth-order valence-corrected chi connectivity index (χ4v) is 1.52. The molecule has 2 rings (SSSR count). The summed E-state index contributed by atoms with van der Waals surface area (Å²) in [4.78, 5) is 0. The Hall–Kier alpha value is -2.57. The second-order valence-corrected chi connectivity index (χ2v) is 4.07. The molecule has 0 atom stereocenters. The third kappa shape index (κ3) is 3.25. The summed E-state index contributed by atoms with van der Waals surface area (Å²) in [7, 11) is 0. The highest BCUT2D eigenvalue weighted by Gasteiger charge is 2.30. The van der Waals surface area contributed by atoms with Gasteiger partial charge >= 0.3 is 6.18 Å². The molecule has 0 radical (unpaired) electrons. The van der Waals surface area contributed by atoms with Gasteiger partial charge in [0.2, 0.25) is 0 Å². The van der Waals surface area contributed by atoms with Gasteiger partial charge in [0.25, 0.3) is 0 Å². The van der Waals surface area contributed by atoms with Gasteiger partial charge in [0.15, 0.2) is 0 Å². The average molecular weight is 280 g/mol. The fraction of sp³-hybridized carbons (Fsp3) is 0.0769. The molecule has 104 valence electrons. The van der Waals surface area contributed by atoms with Crippen LogP contribution in [0.1, 0.15) is 5.56 Å². The molecule has 0 saturated carbocycles. The van der Waals surface area contributed by atoms with Crippen LogP contribution in [0.25, 0.3) is 0 Å². The predicted octanol–water partition coefficient (Wildman–Crippen LogP) is 4.29. The second-order valence-electron chi connectivity index (χ2n) is 4.07. The minimum Gasteiger partial charge on any atom is -0.399 e. The Bertz CT molecular complexity index is 650. The molecule has 0 aliphatic rings. The smallest absolute Gasteiger partial charge is 0.399 e. The zero-order chi connectivity index (χ0) is 14.8. The van der Waals surface area contributed by atoms with Crippen LogP contribution in [-0.4, -0.2) is 0 Å². The number of rotatable bonds is 2. The number of alkyl halides is 3. The van der Waals surface area contributed by atoms with E-state index in [1.54, 1.807) is 12.1 Å². The molecule has 0 heterocycles. The summed E-state index contributed by atoms with van der Waals surface area (Å²) < 4.78 is 37.6. The van der Waals surface area contributed by atoms with Crippen LogP contribution < -0.4 is 11.5 Å². The zero-order valence-corrected chi connectivity index (χ0v) is 10.2. The lowest BCUT2D eigenvalue weighted by atomic mass is 10.2. The van der Waals surface area contributed by atoms with Crippen molar-refractivity contribution in [1.29, 1.82) is 0 Å². The number of halogens is 3. The summed E-state index contributed by atoms with van der Waals surface area (Å²) in [6.07, 6.45) is -4.41. The van der Waals surface area contributed by atoms with E-state index >= 15 is 0 Å². The molecule has 0 unspecified atom stereocenters. The first-order valence-electron chi connectivity index (χ1n) is 5.60. The number of anilines is 2. The van der Waals surface area contributed by atoms with Crippen LogP contribution in [0.3, 0.4) is 0 Å². The third-order valence-electron chi connectivity index (χ3n) is 2.50. The quantitative estimate of drug-likeness (QED) is 0.636. The van der Waals surface area contributed by atoms with Crippen LogP contribution in [0.4, 0.5) is 35.9 Å². The lowest BCUT2D eigenvalue weighted by Gasteiger charge is -2.06. The Morgan fingerprint density at radius 2 is 1.65 bits per heavy atom. The van der Waals surface area contributed by atoms with E-state index in [-0.39, 0.29) is 5.69 Å². The number of benzene rings is 2. The lowest BCUT2D eigenvalue weighted by Crippen LogP contribution is -2.03. The molecule has 0 aliphatic carbocycles. The van der Waals surface area contributed by atoms with Gasteiger partial charge in [-0.1, -0.05) is 6.07 Å². The minimum atomic E-state index is -4.41. The van der Waals surface area contributed by atoms with Crippen molar-refractivity contribution in [1.82, 2.24) is 0 Å². The van der Waals surface area contributed by atoms with Crippen LogP contribution in [0.5, 0.6) is 0 Å². The number of hydrogen-bond acceptors (Lipinski definition) is 4. The highest BCUT2D eigenvalue weighted by atomic mass is 19.4. The normalized spacial score (nSPS) is 11.9. The Morgan fingerprint density at radius 3 is 2.30 bits per heavy atom. The van der Waals surface area contributed by atoms with E-state index in [4.69, 9.17) is 11.5 Å². The van der Waals surface area contributed by atoms with E-state index in [2.05, 4.69) is 10.2 Å². The lowest BCUT2D eigenvalue weighted by molar-refractivity contribution is -0.137. The van der Waals surface area contributed by atoms with E-state index in [1.807, 2.05) is 0 Å². The fourth-order valence-electron chi connectivity index (χ4n) is 1.52. The van der Waals surface area contributed by atoms with Gasteiger partial charge in [0, 0.05) is 5.69 Å². The number of hydrogen-bond donors (Lipinski definition) is 2. The molecule has 0 bridgehead atoms. The SMILES string of the molecule is Nc1ccc(/N=N/c2cccc(C(F)(F)F)c2)c(N)c1. The molecule has 4 nitrogen and oxygen atoms in total. The van der Waals surface area contributed by atoms with E-state index in [0.29, 0.717) is 17.1 Å². The summed E-state index contributed by atoms with van der Waals surface area (Å²) in [6, 6.07) is 9.20. The molecule has 2 aromatic rings. The van der Waals surface area contributed by atoms with Crippen molar-refractivity contribution in [3.05, 3.63) is 48.0 Å². The highest BCUT2D eigenvalue weighted by Crippen LogP contribution is 2.32. The summed E-state index contributed by atoms with van der Waals surface area (Å²) in [6.45, 7) is 0. The summed E-state index contributed by atoms with van der Waals surface area (Å²) >= 11 is 0. The van der Waals surface area contributed by atoms with Crippen molar-refractivity contribution < 1.29 is 13.2 Å². The van der Waals surface area contributed by atoms with Gasteiger partial charge in [-0.3, -0.25) is 0 Å². The van der Waals surface area contributed by atoms with E-state index in [9.17, 15) is 13.2 Å². The molecular formula is C13H11F3N4. The molecule has 0 aromatic heterocycles. The second kappa shape index (κ2) is 5.20. The Labute approximate surface area is 112 Å². The van der Waals surface area contributed by atoms with Gasteiger partial charge in [0.05, 0.1) is 16.9 Å². The van der Waals surface area contributed by atoms with Crippen molar-refractivity contribution in [3.63, 3.8) is 0 Å². The first-order valence-corrected chi connectivity index (χ1v) is 5.60. The maximum atomic E-state index is 12.5. The standard InChI is InChI=1S/C13H11F3N4/c14-13(15,16)8-2-1-3-10(6-8)19-20-12-5-4-9(17)7-11(12)18/h1-7H,17-18H2/b20-19+. The maximum absolute atomic E-state index is 12.5. The molecule has 4 N–H and O–H groups in total. The topological polar surface area (TPSA) is 76.8 Å². The van der Waals surface area contributed by atoms with Gasteiger partial charge < -0.3 is 11.5 Å². The molecule has 0 amide bonds. The number of nitrogens with zero attached hydrogens (tertiary/aromatic N) is 2. The van der Waals surface area contributed by atoms with Gasteiger partial charge in [-0.15, -0.1) is 5.11 Å². The van der Waals surface area contributed by atoms with Gasteiger partial charge in [-0.05, 0) is 36.4 Å². The van der Waals surface area contributed by atoms with E-state index in [1.165, 1.54) is 18.2 Å². The minimum absolute atomic E-state index is 0.0936. The first-order chi connectivity index (χ1) is 9.36. The van der Waals surface area contributed by atoms with Crippen LogP contribution >= 0.6 is 0 Å². The van der Waals surface area contributed by atoms with Crippen molar-refractivity contribution in [3.8, 4) is 0 Å². The molecular weight excluding hydrogens is 269 g/mol. The summed E-state index contributed by atoms with van der Waals surface area (Å²) in [5, 5.41) is 7.56. The Kier molecular flexibility index (Phi) is 3.60. The largest absolute Gasteiger partial charge is 0.416 e. The highest BCUT2D eigenvalue weighted by molar-refractivity contribution is 5.67. The molecule has 7 heteroatoms. The Balaban J connectivity index is 2.28. The molecule has 0 spiro atoms. The molecule has 20 heavy (non-hydrogen) atoms. The number of nitrogen functional groups attached to an aromatic ring is 2. The van der Waals surface area contributed by atoms with Gasteiger partial charge in [-0.2, -0.15) is 18.3 Å². The van der Waals surface area contributed by atoms with Crippen molar-refractivity contribution in [2.45, 2.75) is 6.18 Å². The summed E-state index contributed by atoms with van der Waals surface area (Å²) in [5.74, 6) is 0.